The van der Waals surface area contributed by atoms with Crippen LogP contribution in [0, 0.1) is 0 Å². The topological polar surface area (TPSA) is 38.6 Å². The molecule has 2 heterocycles. The van der Waals surface area contributed by atoms with Crippen molar-refractivity contribution in [3.8, 4) is 5.75 Å². The van der Waals surface area contributed by atoms with E-state index >= 15 is 0 Å². The average Bonchev–Trinajstić information content (AvgIpc) is 2.89. The molecule has 0 aliphatic rings. The maximum Gasteiger partial charge on any atom is 0.137 e. The van der Waals surface area contributed by atoms with Crippen LogP contribution in [0.2, 0.25) is 5.02 Å². The quantitative estimate of drug-likeness (QED) is 0.786. The number of nitrogens with zero attached hydrogens (tertiary/aromatic N) is 2. The number of imidazole rings is 1. The van der Waals surface area contributed by atoms with E-state index in [0.717, 1.165) is 23.6 Å². The van der Waals surface area contributed by atoms with Gasteiger partial charge >= 0.3 is 0 Å². The van der Waals surface area contributed by atoms with Gasteiger partial charge in [-0.2, -0.15) is 0 Å². The second-order valence-corrected chi connectivity index (χ2v) is 5.24. The standard InChI is InChI=1S/C16H16ClN3O/c1-21-15-4-2-3-12(7-15)8-18-9-14-11-20-10-13(17)5-6-16(20)19-14/h2-7,10-11,18H,8-9H2,1H3. The van der Waals surface area contributed by atoms with Gasteiger partial charge in [-0.25, -0.2) is 4.98 Å². The van der Waals surface area contributed by atoms with Crippen molar-refractivity contribution in [2.45, 2.75) is 13.1 Å². The first-order valence-corrected chi connectivity index (χ1v) is 7.09. The Labute approximate surface area is 128 Å². The molecule has 3 rings (SSSR count). The second kappa shape index (κ2) is 6.16. The number of halogens is 1. The third kappa shape index (κ3) is 3.35. The largest absolute Gasteiger partial charge is 0.497 e. The zero-order chi connectivity index (χ0) is 14.7. The third-order valence-corrected chi connectivity index (χ3v) is 3.46. The Morgan fingerprint density at radius 1 is 1.19 bits per heavy atom. The van der Waals surface area contributed by atoms with Crippen LogP contribution in [0.1, 0.15) is 11.3 Å². The lowest BCUT2D eigenvalue weighted by molar-refractivity contribution is 0.414. The minimum atomic E-state index is 0.704. The number of methoxy groups -OCH3 is 1. The first-order chi connectivity index (χ1) is 10.2. The fraction of sp³-hybridized carbons (Fsp3) is 0.188. The molecule has 21 heavy (non-hydrogen) atoms. The van der Waals surface area contributed by atoms with E-state index in [1.807, 2.05) is 47.1 Å². The maximum absolute atomic E-state index is 5.96. The number of aromatic nitrogens is 2. The smallest absolute Gasteiger partial charge is 0.137 e. The fourth-order valence-corrected chi connectivity index (χ4v) is 2.39. The van der Waals surface area contributed by atoms with E-state index < -0.39 is 0 Å². The molecule has 0 fully saturated rings. The number of hydrogen-bond acceptors (Lipinski definition) is 3. The van der Waals surface area contributed by atoms with E-state index in [-0.39, 0.29) is 0 Å². The van der Waals surface area contributed by atoms with E-state index in [1.165, 1.54) is 5.56 Å². The van der Waals surface area contributed by atoms with Crippen molar-refractivity contribution >= 4 is 17.2 Å². The summed E-state index contributed by atoms with van der Waals surface area (Å²) in [5.41, 5.74) is 3.07. The predicted molar refractivity (Wildman–Crippen MR) is 83.7 cm³/mol. The van der Waals surface area contributed by atoms with Gasteiger partial charge in [0.15, 0.2) is 0 Å². The molecule has 1 N–H and O–H groups in total. The van der Waals surface area contributed by atoms with Crippen LogP contribution in [0.25, 0.3) is 5.65 Å². The Balaban J connectivity index is 1.63. The summed E-state index contributed by atoms with van der Waals surface area (Å²) in [6, 6.07) is 11.8. The summed E-state index contributed by atoms with van der Waals surface area (Å²) in [4.78, 5) is 4.54. The number of hydrogen-bond donors (Lipinski definition) is 1. The average molecular weight is 302 g/mol. The molecule has 0 aliphatic carbocycles. The predicted octanol–water partition coefficient (Wildman–Crippen LogP) is 3.29. The van der Waals surface area contributed by atoms with Gasteiger partial charge in [0, 0.05) is 25.5 Å². The fourth-order valence-electron chi connectivity index (χ4n) is 2.22. The molecule has 1 aromatic carbocycles. The van der Waals surface area contributed by atoms with Gasteiger partial charge in [0.05, 0.1) is 17.8 Å². The minimum Gasteiger partial charge on any atom is -0.497 e. The highest BCUT2D eigenvalue weighted by atomic mass is 35.5. The molecule has 5 heteroatoms. The molecule has 0 unspecified atom stereocenters. The number of fused-ring (bicyclic) bond motifs is 1. The molecule has 3 aromatic rings. The Bertz CT molecular complexity index is 754. The van der Waals surface area contributed by atoms with Crippen molar-refractivity contribution in [3.05, 3.63) is 65.1 Å². The van der Waals surface area contributed by atoms with Crippen molar-refractivity contribution < 1.29 is 4.74 Å². The molecule has 0 amide bonds. The first kappa shape index (κ1) is 13.9. The van der Waals surface area contributed by atoms with Crippen LogP contribution in [0.15, 0.2) is 48.8 Å². The third-order valence-electron chi connectivity index (χ3n) is 3.23. The van der Waals surface area contributed by atoms with Crippen molar-refractivity contribution in [2.75, 3.05) is 7.11 Å². The molecule has 0 spiro atoms. The number of nitrogens with one attached hydrogen (secondary N) is 1. The van der Waals surface area contributed by atoms with Gasteiger partial charge in [-0.3, -0.25) is 0 Å². The summed E-state index contributed by atoms with van der Waals surface area (Å²) in [6.07, 6.45) is 3.84. The summed E-state index contributed by atoms with van der Waals surface area (Å²) in [5.74, 6) is 0.872. The SMILES string of the molecule is COc1cccc(CNCc2cn3cc(Cl)ccc3n2)c1. The Kier molecular flexibility index (Phi) is 4.08. The van der Waals surface area contributed by atoms with Crippen LogP contribution in [-0.2, 0) is 13.1 Å². The van der Waals surface area contributed by atoms with Crippen LogP contribution >= 0.6 is 11.6 Å². The van der Waals surface area contributed by atoms with E-state index in [9.17, 15) is 0 Å². The van der Waals surface area contributed by atoms with Gasteiger partial charge in [0.2, 0.25) is 0 Å². The van der Waals surface area contributed by atoms with Crippen molar-refractivity contribution in [2.24, 2.45) is 0 Å². The minimum absolute atomic E-state index is 0.704. The summed E-state index contributed by atoms with van der Waals surface area (Å²) >= 11 is 5.96. The molecule has 0 aliphatic heterocycles. The molecule has 0 saturated heterocycles. The van der Waals surface area contributed by atoms with Crippen molar-refractivity contribution in [1.29, 1.82) is 0 Å². The normalized spacial score (nSPS) is 11.0. The monoisotopic (exact) mass is 301 g/mol. The first-order valence-electron chi connectivity index (χ1n) is 6.71. The van der Waals surface area contributed by atoms with Crippen molar-refractivity contribution in [1.82, 2.24) is 14.7 Å². The Morgan fingerprint density at radius 2 is 2.10 bits per heavy atom. The highest BCUT2D eigenvalue weighted by Gasteiger charge is 2.02. The lowest BCUT2D eigenvalue weighted by Gasteiger charge is -2.05. The zero-order valence-corrected chi connectivity index (χ0v) is 12.5. The molecule has 0 bridgehead atoms. The number of ether oxygens (including phenoxy) is 1. The highest BCUT2D eigenvalue weighted by molar-refractivity contribution is 6.30. The van der Waals surface area contributed by atoms with Crippen LogP contribution in [0.3, 0.4) is 0 Å². The zero-order valence-electron chi connectivity index (χ0n) is 11.7. The maximum atomic E-state index is 5.96. The highest BCUT2D eigenvalue weighted by Crippen LogP contribution is 2.13. The van der Waals surface area contributed by atoms with Gasteiger partial charge < -0.3 is 14.5 Å². The summed E-state index contributed by atoms with van der Waals surface area (Å²) in [6.45, 7) is 1.47. The van der Waals surface area contributed by atoms with Gasteiger partial charge in [-0.15, -0.1) is 0 Å². The van der Waals surface area contributed by atoms with Gasteiger partial charge in [-0.05, 0) is 29.8 Å². The molecule has 0 atom stereocenters. The van der Waals surface area contributed by atoms with Gasteiger partial charge in [-0.1, -0.05) is 23.7 Å². The second-order valence-electron chi connectivity index (χ2n) is 4.80. The van der Waals surface area contributed by atoms with Gasteiger partial charge in [0.25, 0.3) is 0 Å². The van der Waals surface area contributed by atoms with Crippen LogP contribution < -0.4 is 10.1 Å². The van der Waals surface area contributed by atoms with E-state index in [2.05, 4.69) is 16.4 Å². The summed E-state index contributed by atoms with van der Waals surface area (Å²) in [5, 5.41) is 4.08. The van der Waals surface area contributed by atoms with E-state index in [1.54, 1.807) is 7.11 Å². The number of rotatable bonds is 5. The van der Waals surface area contributed by atoms with Crippen LogP contribution in [-0.4, -0.2) is 16.5 Å². The number of benzene rings is 1. The van der Waals surface area contributed by atoms with Gasteiger partial charge in [0.1, 0.15) is 11.4 Å². The van der Waals surface area contributed by atoms with Crippen LogP contribution in [0.5, 0.6) is 5.75 Å². The summed E-state index contributed by atoms with van der Waals surface area (Å²) < 4.78 is 7.15. The van der Waals surface area contributed by atoms with Crippen molar-refractivity contribution in [3.63, 3.8) is 0 Å². The summed E-state index contributed by atoms with van der Waals surface area (Å²) in [7, 11) is 1.67. The molecule has 0 saturated carbocycles. The Morgan fingerprint density at radius 3 is 2.95 bits per heavy atom. The number of pyridine rings is 1. The molecule has 0 radical (unpaired) electrons. The molecule has 108 valence electrons. The molecule has 2 aromatic heterocycles. The van der Waals surface area contributed by atoms with E-state index in [0.29, 0.717) is 11.6 Å². The molecular formula is C16H16ClN3O. The lowest BCUT2D eigenvalue weighted by atomic mass is 10.2. The van der Waals surface area contributed by atoms with Crippen LogP contribution in [0.4, 0.5) is 0 Å². The lowest BCUT2D eigenvalue weighted by Crippen LogP contribution is -2.12. The molecular weight excluding hydrogens is 286 g/mol. The molecule has 4 nitrogen and oxygen atoms in total. The Hall–Kier alpha value is -2.04. The van der Waals surface area contributed by atoms with E-state index in [4.69, 9.17) is 16.3 Å².